The molecule has 2 aliphatic rings. The molecule has 0 spiro atoms. The molecule has 4 heterocycles. The second kappa shape index (κ2) is 31.6. The SMILES string of the molecule is CCCCCCCCCCC(CCCCCCCC)CN1C=c2cc(-c3ccc(Br)s3)c3c4c(cc(-c5ccc(Br)s5)c(c24)=C1)=CN(CC(CCCCCCCC)CCCCCCCCCC)C=3. The van der Waals surface area contributed by atoms with E-state index >= 15 is 0 Å². The zero-order valence-corrected chi connectivity index (χ0v) is 48.2. The highest BCUT2D eigenvalue weighted by Crippen LogP contribution is 2.33. The van der Waals surface area contributed by atoms with Crippen molar-refractivity contribution >= 4 is 90.1 Å². The summed E-state index contributed by atoms with van der Waals surface area (Å²) in [6.07, 6.45) is 54.4. The minimum absolute atomic E-state index is 0.709. The number of benzene rings is 2. The molecule has 0 aliphatic carbocycles. The number of rotatable bonds is 38. The van der Waals surface area contributed by atoms with Crippen molar-refractivity contribution in [3.8, 4) is 20.9 Å². The van der Waals surface area contributed by atoms with Crippen LogP contribution in [-0.4, -0.2) is 22.9 Å². The molecule has 0 radical (unpaired) electrons. The molecular formula is C62H92Br2N2S2. The third kappa shape index (κ3) is 17.7. The van der Waals surface area contributed by atoms with E-state index < -0.39 is 0 Å². The van der Waals surface area contributed by atoms with Crippen LogP contribution in [0.2, 0.25) is 0 Å². The van der Waals surface area contributed by atoms with Gasteiger partial charge in [0.25, 0.3) is 0 Å². The topological polar surface area (TPSA) is 6.48 Å². The third-order valence-electron chi connectivity index (χ3n) is 15.2. The molecule has 2 aromatic heterocycles. The van der Waals surface area contributed by atoms with Crippen molar-refractivity contribution in [1.82, 2.24) is 9.80 Å². The fourth-order valence-electron chi connectivity index (χ4n) is 11.3. The van der Waals surface area contributed by atoms with Gasteiger partial charge in [0, 0.05) is 80.0 Å². The maximum absolute atomic E-state index is 3.88. The van der Waals surface area contributed by atoms with Crippen molar-refractivity contribution in [1.29, 1.82) is 0 Å². The summed E-state index contributed by atoms with van der Waals surface area (Å²) in [5.74, 6) is 1.42. The van der Waals surface area contributed by atoms with Gasteiger partial charge in [-0.25, -0.2) is 0 Å². The summed E-state index contributed by atoms with van der Waals surface area (Å²) in [7, 11) is 0. The van der Waals surface area contributed by atoms with Crippen molar-refractivity contribution in [3.05, 3.63) is 64.8 Å². The summed E-state index contributed by atoms with van der Waals surface area (Å²) in [4.78, 5) is 7.98. The van der Waals surface area contributed by atoms with Gasteiger partial charge >= 0.3 is 0 Å². The van der Waals surface area contributed by atoms with Crippen molar-refractivity contribution in [2.45, 2.75) is 233 Å². The molecule has 2 atom stereocenters. The Bertz CT molecular complexity index is 2140. The van der Waals surface area contributed by atoms with E-state index in [1.165, 1.54) is 266 Å². The number of hydrogen-bond acceptors (Lipinski definition) is 4. The smallest absolute Gasteiger partial charge is 0.0705 e. The van der Waals surface area contributed by atoms with Crippen LogP contribution in [0.15, 0.2) is 44.0 Å². The minimum Gasteiger partial charge on any atom is -0.353 e. The average molecular weight is 1090 g/mol. The number of thiophene rings is 2. The maximum Gasteiger partial charge on any atom is 0.0705 e. The first-order valence-corrected chi connectivity index (χ1v) is 31.7. The van der Waals surface area contributed by atoms with E-state index in [1.807, 2.05) is 22.7 Å². The predicted molar refractivity (Wildman–Crippen MR) is 313 cm³/mol. The minimum atomic E-state index is 0.709. The van der Waals surface area contributed by atoms with Gasteiger partial charge in [-0.2, -0.15) is 0 Å². The lowest BCUT2D eigenvalue weighted by Gasteiger charge is -2.29. The summed E-state index contributed by atoms with van der Waals surface area (Å²) in [6.45, 7) is 11.5. The van der Waals surface area contributed by atoms with Gasteiger partial charge in [-0.1, -0.05) is 207 Å². The summed E-state index contributed by atoms with van der Waals surface area (Å²) < 4.78 is 2.41. The Kier molecular flexibility index (Phi) is 25.7. The van der Waals surface area contributed by atoms with Crippen LogP contribution in [0.25, 0.3) is 56.5 Å². The molecule has 0 N–H and O–H groups in total. The summed E-state index contributed by atoms with van der Waals surface area (Å²) in [6, 6.07) is 14.4. The number of halogens is 2. The molecule has 6 rings (SSSR count). The van der Waals surface area contributed by atoms with Gasteiger partial charge in [0.1, 0.15) is 0 Å². The molecule has 0 bridgehead atoms. The average Bonchev–Trinajstić information content (AvgIpc) is 3.98. The number of hydrogen-bond donors (Lipinski definition) is 0. The quantitative estimate of drug-likeness (QED) is 0.0413. The predicted octanol–water partition coefficient (Wildman–Crippen LogP) is 19.2. The van der Waals surface area contributed by atoms with E-state index in [-0.39, 0.29) is 0 Å². The van der Waals surface area contributed by atoms with E-state index in [4.69, 9.17) is 0 Å². The standard InChI is InChI=1S/C62H92Br2N2S2/c1-5-9-13-17-21-23-27-31-35-49(33-29-25-19-15-11-7-3)43-65-45-51-41-54(58-38-40-60(64)68-58)56-48-66(46-52-42-53(57-37-39-59(63)67-57)55(47-65)61(51)62(52)56)44-50(34-30-26-20-16-12-8-4)36-32-28-24-22-18-14-10-6-2/h37-42,45-50H,5-36,43-44H2,1-4H3. The van der Waals surface area contributed by atoms with Crippen LogP contribution >= 0.6 is 54.5 Å². The Morgan fingerprint density at radius 3 is 0.956 bits per heavy atom. The molecule has 2 aliphatic heterocycles. The molecule has 6 heteroatoms. The van der Waals surface area contributed by atoms with Crippen molar-refractivity contribution in [2.24, 2.45) is 11.8 Å². The van der Waals surface area contributed by atoms with E-state index in [9.17, 15) is 0 Å². The molecule has 68 heavy (non-hydrogen) atoms. The van der Waals surface area contributed by atoms with Crippen molar-refractivity contribution in [3.63, 3.8) is 0 Å². The van der Waals surface area contributed by atoms with Gasteiger partial charge in [-0.05, 0) is 116 Å². The Balaban J connectivity index is 1.33. The molecule has 2 unspecified atom stereocenters. The van der Waals surface area contributed by atoms with Crippen LogP contribution in [0.5, 0.6) is 0 Å². The van der Waals surface area contributed by atoms with Gasteiger partial charge in [0.2, 0.25) is 0 Å². The zero-order chi connectivity index (χ0) is 47.8. The molecule has 2 aromatic carbocycles. The molecular weight excluding hydrogens is 997 g/mol. The lowest BCUT2D eigenvalue weighted by molar-refractivity contribution is 0.348. The highest BCUT2D eigenvalue weighted by atomic mass is 79.9. The van der Waals surface area contributed by atoms with Crippen LogP contribution < -0.4 is 20.9 Å². The normalized spacial score (nSPS) is 14.0. The second-order valence-corrected chi connectivity index (χ2v) is 26.0. The van der Waals surface area contributed by atoms with E-state index in [1.54, 1.807) is 0 Å². The van der Waals surface area contributed by atoms with Gasteiger partial charge in [0.15, 0.2) is 0 Å². The van der Waals surface area contributed by atoms with Crippen LogP contribution in [0.4, 0.5) is 0 Å². The fraction of sp³-hybridized carbons (Fsp3) is 0.645. The van der Waals surface area contributed by atoms with Crippen molar-refractivity contribution < 1.29 is 0 Å². The van der Waals surface area contributed by atoms with Crippen LogP contribution in [-0.2, 0) is 0 Å². The fourth-order valence-corrected chi connectivity index (χ4v) is 14.2. The highest BCUT2D eigenvalue weighted by molar-refractivity contribution is 9.11. The maximum atomic E-state index is 3.88. The summed E-state index contributed by atoms with van der Waals surface area (Å²) in [5.41, 5.74) is 2.77. The van der Waals surface area contributed by atoms with Gasteiger partial charge in [0.05, 0.1) is 7.57 Å². The van der Waals surface area contributed by atoms with E-state index in [0.29, 0.717) is 11.8 Å². The van der Waals surface area contributed by atoms with Crippen LogP contribution in [0, 0.1) is 11.8 Å². The molecule has 0 amide bonds. The van der Waals surface area contributed by atoms with Gasteiger partial charge in [-0.3, -0.25) is 0 Å². The van der Waals surface area contributed by atoms with Gasteiger partial charge < -0.3 is 9.80 Å². The highest BCUT2D eigenvalue weighted by Gasteiger charge is 2.22. The lowest BCUT2D eigenvalue weighted by atomic mass is 9.90. The molecule has 4 aromatic rings. The summed E-state index contributed by atoms with van der Waals surface area (Å²) >= 11 is 11.5. The molecule has 0 saturated carbocycles. The Morgan fingerprint density at radius 1 is 0.382 bits per heavy atom. The Hall–Kier alpha value is -1.86. The van der Waals surface area contributed by atoms with E-state index in [0.717, 1.165) is 13.1 Å². The first kappa shape index (κ1) is 55.5. The monoisotopic (exact) mass is 1090 g/mol. The largest absolute Gasteiger partial charge is 0.353 e. The second-order valence-electron chi connectivity index (χ2n) is 21.1. The lowest BCUT2D eigenvalue weighted by Crippen LogP contribution is -2.38. The van der Waals surface area contributed by atoms with Crippen molar-refractivity contribution in [2.75, 3.05) is 13.1 Å². The summed E-state index contributed by atoms with van der Waals surface area (Å²) in [5, 5.41) is 8.47. The van der Waals surface area contributed by atoms with Crippen LogP contribution in [0.1, 0.15) is 233 Å². The number of unbranched alkanes of at least 4 members (excludes halogenated alkanes) is 24. The Labute approximate surface area is 440 Å². The van der Waals surface area contributed by atoms with E-state index in [2.05, 4.69) is 131 Å². The Morgan fingerprint density at radius 2 is 0.676 bits per heavy atom. The molecule has 0 saturated heterocycles. The van der Waals surface area contributed by atoms with Gasteiger partial charge in [-0.15, -0.1) is 22.7 Å². The first-order chi connectivity index (χ1) is 33.4. The number of nitrogens with zero attached hydrogens (tertiary/aromatic N) is 2. The molecule has 376 valence electrons. The first-order valence-electron chi connectivity index (χ1n) is 28.5. The molecule has 2 nitrogen and oxygen atoms in total. The third-order valence-corrected chi connectivity index (χ3v) is 18.5. The van der Waals surface area contributed by atoms with Crippen LogP contribution in [0.3, 0.4) is 0 Å². The molecule has 0 fully saturated rings. The zero-order valence-electron chi connectivity index (χ0n) is 43.4.